The molecule has 4 nitrogen and oxygen atoms in total. The molecule has 0 radical (unpaired) electrons. The second-order valence-electron chi connectivity index (χ2n) is 6.02. The quantitative estimate of drug-likeness (QED) is 0.883. The Morgan fingerprint density at radius 3 is 3.11 bits per heavy atom. The Hall–Kier alpha value is -1.00. The lowest BCUT2D eigenvalue weighted by Gasteiger charge is -2.54. The molecule has 1 saturated carbocycles. The lowest BCUT2D eigenvalue weighted by molar-refractivity contribution is -0.113. The van der Waals surface area contributed by atoms with Crippen molar-refractivity contribution in [1.29, 1.82) is 0 Å². The van der Waals surface area contributed by atoms with Gasteiger partial charge in [0.15, 0.2) is 0 Å². The first kappa shape index (κ1) is 12.1. The number of rotatable bonds is 3. The van der Waals surface area contributed by atoms with Gasteiger partial charge in [0.05, 0.1) is 11.8 Å². The van der Waals surface area contributed by atoms with Crippen LogP contribution in [0.1, 0.15) is 31.8 Å². The van der Waals surface area contributed by atoms with Gasteiger partial charge in [0.25, 0.3) is 0 Å². The third-order valence-corrected chi connectivity index (χ3v) is 4.44. The van der Waals surface area contributed by atoms with Gasteiger partial charge >= 0.3 is 0 Å². The Bertz CT molecular complexity index is 446. The molecule has 0 bridgehead atoms. The SMILES string of the molecule is Cc1nccc(CNC2C3CCOC3C2(C)C)n1. The summed E-state index contributed by atoms with van der Waals surface area (Å²) in [6.45, 7) is 8.26. The van der Waals surface area contributed by atoms with Crippen molar-refractivity contribution in [2.75, 3.05) is 6.61 Å². The summed E-state index contributed by atoms with van der Waals surface area (Å²) in [5.41, 5.74) is 1.31. The van der Waals surface area contributed by atoms with Gasteiger partial charge in [-0.1, -0.05) is 13.8 Å². The highest BCUT2D eigenvalue weighted by atomic mass is 16.5. The fourth-order valence-electron chi connectivity index (χ4n) is 3.56. The molecule has 0 aromatic carbocycles. The number of aromatic nitrogens is 2. The fraction of sp³-hybridized carbons (Fsp3) is 0.714. The van der Waals surface area contributed by atoms with Crippen LogP contribution < -0.4 is 5.32 Å². The Labute approximate surface area is 108 Å². The second-order valence-corrected chi connectivity index (χ2v) is 6.02. The predicted octanol–water partition coefficient (Wildman–Crippen LogP) is 1.69. The first-order chi connectivity index (χ1) is 8.59. The second kappa shape index (κ2) is 4.28. The summed E-state index contributed by atoms with van der Waals surface area (Å²) in [5, 5.41) is 3.65. The first-order valence-electron chi connectivity index (χ1n) is 6.72. The first-order valence-corrected chi connectivity index (χ1v) is 6.72. The highest BCUT2D eigenvalue weighted by Gasteiger charge is 2.58. The van der Waals surface area contributed by atoms with E-state index in [0.29, 0.717) is 18.1 Å². The van der Waals surface area contributed by atoms with E-state index in [1.165, 1.54) is 6.42 Å². The Morgan fingerprint density at radius 1 is 1.50 bits per heavy atom. The zero-order chi connectivity index (χ0) is 12.8. The lowest BCUT2D eigenvalue weighted by atomic mass is 9.57. The molecule has 98 valence electrons. The molecule has 0 amide bonds. The number of fused-ring (bicyclic) bond motifs is 1. The third-order valence-electron chi connectivity index (χ3n) is 4.44. The molecule has 1 saturated heterocycles. The summed E-state index contributed by atoms with van der Waals surface area (Å²) in [6, 6.07) is 2.52. The van der Waals surface area contributed by atoms with Gasteiger partial charge in [0.1, 0.15) is 5.82 Å². The molecule has 0 spiro atoms. The number of nitrogens with one attached hydrogen (secondary N) is 1. The number of hydrogen-bond acceptors (Lipinski definition) is 4. The largest absolute Gasteiger partial charge is 0.377 e. The minimum atomic E-state index is 0.239. The lowest BCUT2D eigenvalue weighted by Crippen LogP contribution is -2.65. The molecule has 4 heteroatoms. The van der Waals surface area contributed by atoms with Gasteiger partial charge < -0.3 is 10.1 Å². The standard InChI is InChI=1S/C14H21N3O/c1-9-15-6-4-10(17-9)8-16-12-11-5-7-18-13(11)14(12,2)3/h4,6,11-13,16H,5,7-8H2,1-3H3. The molecule has 1 aromatic heterocycles. The van der Waals surface area contributed by atoms with Crippen molar-refractivity contribution in [1.82, 2.24) is 15.3 Å². The minimum absolute atomic E-state index is 0.239. The molecule has 3 atom stereocenters. The van der Waals surface area contributed by atoms with E-state index in [0.717, 1.165) is 24.7 Å². The predicted molar refractivity (Wildman–Crippen MR) is 69.0 cm³/mol. The van der Waals surface area contributed by atoms with Crippen molar-refractivity contribution < 1.29 is 4.74 Å². The van der Waals surface area contributed by atoms with Crippen LogP contribution in [0.3, 0.4) is 0 Å². The third kappa shape index (κ3) is 1.84. The van der Waals surface area contributed by atoms with Crippen LogP contribution in [0.2, 0.25) is 0 Å². The van der Waals surface area contributed by atoms with Crippen LogP contribution in [0.15, 0.2) is 12.3 Å². The summed E-state index contributed by atoms with van der Waals surface area (Å²) >= 11 is 0. The Morgan fingerprint density at radius 2 is 2.33 bits per heavy atom. The van der Waals surface area contributed by atoms with Crippen molar-refractivity contribution in [3.8, 4) is 0 Å². The molecular formula is C14H21N3O. The van der Waals surface area contributed by atoms with Crippen LogP contribution in [0.5, 0.6) is 0 Å². The molecule has 2 fully saturated rings. The van der Waals surface area contributed by atoms with E-state index in [1.807, 2.05) is 19.2 Å². The molecule has 3 unspecified atom stereocenters. The van der Waals surface area contributed by atoms with E-state index < -0.39 is 0 Å². The van der Waals surface area contributed by atoms with Crippen LogP contribution in [0.25, 0.3) is 0 Å². The maximum Gasteiger partial charge on any atom is 0.125 e. The van der Waals surface area contributed by atoms with E-state index in [9.17, 15) is 0 Å². The van der Waals surface area contributed by atoms with Gasteiger partial charge in [-0.2, -0.15) is 0 Å². The number of nitrogens with zero attached hydrogens (tertiary/aromatic N) is 2. The smallest absolute Gasteiger partial charge is 0.125 e. The van der Waals surface area contributed by atoms with Crippen LogP contribution in [0.4, 0.5) is 0 Å². The van der Waals surface area contributed by atoms with Crippen LogP contribution in [0, 0.1) is 18.3 Å². The van der Waals surface area contributed by atoms with E-state index in [-0.39, 0.29) is 5.41 Å². The highest BCUT2D eigenvalue weighted by molar-refractivity contribution is 5.12. The van der Waals surface area contributed by atoms with E-state index in [1.54, 1.807) is 0 Å². The summed E-state index contributed by atoms with van der Waals surface area (Å²) < 4.78 is 5.80. The molecule has 1 aliphatic carbocycles. The summed E-state index contributed by atoms with van der Waals surface area (Å²) in [5.74, 6) is 1.52. The Balaban J connectivity index is 1.64. The maximum absolute atomic E-state index is 5.80. The normalized spacial score (nSPS) is 32.9. The van der Waals surface area contributed by atoms with Crippen LogP contribution >= 0.6 is 0 Å². The molecule has 1 N–H and O–H groups in total. The topological polar surface area (TPSA) is 47.0 Å². The number of aryl methyl sites for hydroxylation is 1. The maximum atomic E-state index is 5.80. The van der Waals surface area contributed by atoms with Crippen molar-refractivity contribution >= 4 is 0 Å². The van der Waals surface area contributed by atoms with E-state index in [2.05, 4.69) is 29.1 Å². The molecule has 1 aliphatic heterocycles. The number of ether oxygens (including phenoxy) is 1. The summed E-state index contributed by atoms with van der Waals surface area (Å²) in [7, 11) is 0. The van der Waals surface area contributed by atoms with Crippen LogP contribution in [-0.4, -0.2) is 28.7 Å². The molecule has 3 rings (SSSR count). The van der Waals surface area contributed by atoms with Gasteiger partial charge in [-0.15, -0.1) is 0 Å². The van der Waals surface area contributed by atoms with Crippen molar-refractivity contribution in [2.45, 2.75) is 45.9 Å². The van der Waals surface area contributed by atoms with Crippen molar-refractivity contribution in [3.05, 3.63) is 23.8 Å². The highest BCUT2D eigenvalue weighted by Crippen LogP contribution is 2.52. The van der Waals surface area contributed by atoms with Gasteiger partial charge in [-0.25, -0.2) is 9.97 Å². The van der Waals surface area contributed by atoms with Crippen molar-refractivity contribution in [3.63, 3.8) is 0 Å². The monoisotopic (exact) mass is 247 g/mol. The molecular weight excluding hydrogens is 226 g/mol. The summed E-state index contributed by atoms with van der Waals surface area (Å²) in [4.78, 5) is 8.56. The van der Waals surface area contributed by atoms with Gasteiger partial charge in [-0.05, 0) is 19.4 Å². The fourth-order valence-corrected chi connectivity index (χ4v) is 3.56. The Kier molecular flexibility index (Phi) is 2.87. The van der Waals surface area contributed by atoms with Gasteiger partial charge in [0.2, 0.25) is 0 Å². The minimum Gasteiger partial charge on any atom is -0.377 e. The molecule has 1 aromatic rings. The van der Waals surface area contributed by atoms with E-state index in [4.69, 9.17) is 4.74 Å². The van der Waals surface area contributed by atoms with Crippen molar-refractivity contribution in [2.24, 2.45) is 11.3 Å². The molecule has 2 aliphatic rings. The summed E-state index contributed by atoms with van der Waals surface area (Å²) in [6.07, 6.45) is 3.46. The number of hydrogen-bond donors (Lipinski definition) is 1. The van der Waals surface area contributed by atoms with E-state index >= 15 is 0 Å². The zero-order valence-corrected chi connectivity index (χ0v) is 11.3. The average Bonchev–Trinajstić information content (AvgIpc) is 2.75. The average molecular weight is 247 g/mol. The van der Waals surface area contributed by atoms with Gasteiger partial charge in [0, 0.05) is 36.7 Å². The molecule has 2 heterocycles. The van der Waals surface area contributed by atoms with Crippen LogP contribution in [-0.2, 0) is 11.3 Å². The zero-order valence-electron chi connectivity index (χ0n) is 11.3. The molecule has 18 heavy (non-hydrogen) atoms. The van der Waals surface area contributed by atoms with Gasteiger partial charge in [-0.3, -0.25) is 0 Å².